The first-order chi connectivity index (χ1) is 7.13. The minimum Gasteiger partial charge on any atom is -0.402 e. The highest BCUT2D eigenvalue weighted by Gasteiger charge is 2.06. The lowest BCUT2D eigenvalue weighted by Crippen LogP contribution is -2.26. The van der Waals surface area contributed by atoms with Crippen molar-refractivity contribution in [2.24, 2.45) is 5.73 Å². The normalized spacial score (nSPS) is 10.8. The molecule has 0 aromatic heterocycles. The Morgan fingerprint density at radius 3 is 2.73 bits per heavy atom. The molecule has 0 heterocycles. The van der Waals surface area contributed by atoms with Gasteiger partial charge >= 0.3 is 0 Å². The van der Waals surface area contributed by atoms with Crippen molar-refractivity contribution in [2.45, 2.75) is 20.3 Å². The summed E-state index contributed by atoms with van der Waals surface area (Å²) in [5.41, 5.74) is 9.33. The maximum Gasteiger partial charge on any atom is 0.253 e. The topological polar surface area (TPSA) is 55.1 Å². The van der Waals surface area contributed by atoms with Gasteiger partial charge in [-0.3, -0.25) is 4.79 Å². The maximum atomic E-state index is 11.6. The lowest BCUT2D eigenvalue weighted by Gasteiger charge is -2.04. The van der Waals surface area contributed by atoms with E-state index >= 15 is 0 Å². The van der Waals surface area contributed by atoms with Crippen LogP contribution in [0.4, 0.5) is 0 Å². The predicted octanol–water partition coefficient (Wildman–Crippen LogP) is 1.64. The second-order valence-electron chi connectivity index (χ2n) is 3.07. The Kier molecular flexibility index (Phi) is 6.77. The molecule has 82 valence electrons. The number of amides is 1. The van der Waals surface area contributed by atoms with Crippen molar-refractivity contribution in [3.63, 3.8) is 0 Å². The quantitative estimate of drug-likeness (QED) is 0.408. The van der Waals surface area contributed by atoms with Gasteiger partial charge in [-0.1, -0.05) is 19.6 Å². The van der Waals surface area contributed by atoms with E-state index in [1.165, 1.54) is 0 Å². The molecule has 0 atom stereocenters. The van der Waals surface area contributed by atoms with Gasteiger partial charge < -0.3 is 11.1 Å². The third-order valence-electron chi connectivity index (χ3n) is 1.65. The number of carbonyl (C=O) groups excluding carboxylic acids is 1. The maximum absolute atomic E-state index is 11.6. The van der Waals surface area contributed by atoms with Crippen molar-refractivity contribution in [3.05, 3.63) is 41.8 Å². The number of allylic oxidation sites excluding steroid dienone is 2. The Labute approximate surface area is 91.0 Å². The number of nitrogens with one attached hydrogen (secondary N) is 1. The van der Waals surface area contributed by atoms with E-state index in [2.05, 4.69) is 17.6 Å². The van der Waals surface area contributed by atoms with E-state index in [-0.39, 0.29) is 5.91 Å². The fourth-order valence-corrected chi connectivity index (χ4v) is 0.892. The molecule has 3 heteroatoms. The Morgan fingerprint density at radius 1 is 1.60 bits per heavy atom. The first kappa shape index (κ1) is 13.3. The third kappa shape index (κ3) is 5.55. The van der Waals surface area contributed by atoms with Gasteiger partial charge in [0.2, 0.25) is 0 Å². The van der Waals surface area contributed by atoms with Crippen LogP contribution < -0.4 is 11.1 Å². The first-order valence-electron chi connectivity index (χ1n) is 4.91. The van der Waals surface area contributed by atoms with Gasteiger partial charge in [-0.15, -0.1) is 5.73 Å². The summed E-state index contributed by atoms with van der Waals surface area (Å²) in [7, 11) is 0. The van der Waals surface area contributed by atoms with Crippen LogP contribution in [0.15, 0.2) is 41.8 Å². The van der Waals surface area contributed by atoms with E-state index in [0.29, 0.717) is 17.8 Å². The van der Waals surface area contributed by atoms with Crippen molar-refractivity contribution in [2.75, 3.05) is 6.54 Å². The molecule has 0 aliphatic carbocycles. The standard InChI is InChI=1S/C12H18N2O/c1-4-6-7-8-11(10(3)13)12(15)14-9-5-2/h4,6,8H,1,5,9,13H2,2-3H3,(H,14,15)/b11-10-. The molecular weight excluding hydrogens is 188 g/mol. The van der Waals surface area contributed by atoms with Crippen molar-refractivity contribution < 1.29 is 4.79 Å². The van der Waals surface area contributed by atoms with Crippen molar-refractivity contribution in [3.8, 4) is 0 Å². The van der Waals surface area contributed by atoms with Gasteiger partial charge in [0.1, 0.15) is 0 Å². The first-order valence-corrected chi connectivity index (χ1v) is 4.91. The van der Waals surface area contributed by atoms with Crippen LogP contribution in [0.2, 0.25) is 0 Å². The lowest BCUT2D eigenvalue weighted by atomic mass is 10.2. The number of carbonyl (C=O) groups is 1. The monoisotopic (exact) mass is 206 g/mol. The summed E-state index contributed by atoms with van der Waals surface area (Å²) in [4.78, 5) is 11.6. The van der Waals surface area contributed by atoms with Gasteiger partial charge in [-0.25, -0.2) is 0 Å². The highest BCUT2D eigenvalue weighted by Crippen LogP contribution is 2.00. The van der Waals surface area contributed by atoms with Crippen LogP contribution in [0, 0.1) is 0 Å². The second-order valence-corrected chi connectivity index (χ2v) is 3.07. The highest BCUT2D eigenvalue weighted by atomic mass is 16.1. The van der Waals surface area contributed by atoms with Crippen molar-refractivity contribution in [1.29, 1.82) is 0 Å². The van der Waals surface area contributed by atoms with Crippen molar-refractivity contribution in [1.82, 2.24) is 5.32 Å². The molecule has 1 amide bonds. The summed E-state index contributed by atoms with van der Waals surface area (Å²) in [6.07, 6.45) is 5.66. The molecule has 0 fully saturated rings. The van der Waals surface area contributed by atoms with Crippen LogP contribution in [-0.2, 0) is 4.79 Å². The van der Waals surface area contributed by atoms with Gasteiger partial charge in [0.15, 0.2) is 0 Å². The summed E-state index contributed by atoms with van der Waals surface area (Å²) >= 11 is 0. The summed E-state index contributed by atoms with van der Waals surface area (Å²) in [6, 6.07) is 0. The zero-order chi connectivity index (χ0) is 11.7. The van der Waals surface area contributed by atoms with Gasteiger partial charge in [0.05, 0.1) is 5.57 Å². The van der Waals surface area contributed by atoms with E-state index in [0.717, 1.165) is 6.42 Å². The molecule has 0 rings (SSSR count). The molecule has 0 aromatic rings. The molecule has 0 saturated carbocycles. The molecule has 3 N–H and O–H groups in total. The Hall–Kier alpha value is -1.73. The number of rotatable bonds is 5. The van der Waals surface area contributed by atoms with Crippen LogP contribution in [0.1, 0.15) is 20.3 Å². The molecule has 0 radical (unpaired) electrons. The SMILES string of the molecule is C=CC=C=C/C(C(=O)NCCC)=C(\C)N. The fraction of sp³-hybridized carbons (Fsp3) is 0.333. The average Bonchev–Trinajstić information content (AvgIpc) is 2.20. The van der Waals surface area contributed by atoms with E-state index in [9.17, 15) is 4.79 Å². The zero-order valence-electron chi connectivity index (χ0n) is 9.34. The lowest BCUT2D eigenvalue weighted by molar-refractivity contribution is -0.117. The van der Waals surface area contributed by atoms with E-state index in [1.807, 2.05) is 6.92 Å². The second kappa shape index (κ2) is 7.65. The molecule has 0 aromatic carbocycles. The van der Waals surface area contributed by atoms with Gasteiger partial charge in [0, 0.05) is 12.2 Å². The molecular formula is C12H18N2O. The molecule has 15 heavy (non-hydrogen) atoms. The largest absolute Gasteiger partial charge is 0.402 e. The van der Waals surface area contributed by atoms with Gasteiger partial charge in [-0.2, -0.15) is 0 Å². The highest BCUT2D eigenvalue weighted by molar-refractivity contribution is 5.96. The molecule has 0 spiro atoms. The van der Waals surface area contributed by atoms with E-state index in [1.54, 1.807) is 25.2 Å². The average molecular weight is 206 g/mol. The molecule has 0 unspecified atom stereocenters. The summed E-state index contributed by atoms with van der Waals surface area (Å²) in [5.74, 6) is -0.165. The molecule has 0 aliphatic rings. The minimum atomic E-state index is -0.165. The Bertz CT molecular complexity index is 317. The summed E-state index contributed by atoms with van der Waals surface area (Å²) < 4.78 is 0. The Balaban J connectivity index is 4.70. The summed E-state index contributed by atoms with van der Waals surface area (Å²) in [6.45, 7) is 7.84. The van der Waals surface area contributed by atoms with E-state index in [4.69, 9.17) is 5.73 Å². The smallest absolute Gasteiger partial charge is 0.253 e. The molecule has 0 saturated heterocycles. The van der Waals surface area contributed by atoms with Crippen LogP contribution in [0.5, 0.6) is 0 Å². The van der Waals surface area contributed by atoms with Gasteiger partial charge in [0.25, 0.3) is 5.91 Å². The van der Waals surface area contributed by atoms with Crippen LogP contribution in [-0.4, -0.2) is 12.5 Å². The number of hydrogen-bond donors (Lipinski definition) is 2. The van der Waals surface area contributed by atoms with Crippen LogP contribution in [0.3, 0.4) is 0 Å². The molecule has 0 aliphatic heterocycles. The Morgan fingerprint density at radius 2 is 2.27 bits per heavy atom. The zero-order valence-corrected chi connectivity index (χ0v) is 9.34. The fourth-order valence-electron chi connectivity index (χ4n) is 0.892. The van der Waals surface area contributed by atoms with Crippen LogP contribution >= 0.6 is 0 Å². The molecule has 3 nitrogen and oxygen atoms in total. The van der Waals surface area contributed by atoms with Crippen LogP contribution in [0.25, 0.3) is 0 Å². The summed E-state index contributed by atoms with van der Waals surface area (Å²) in [5, 5.41) is 2.75. The number of hydrogen-bond acceptors (Lipinski definition) is 2. The molecule has 0 bridgehead atoms. The minimum absolute atomic E-state index is 0.165. The predicted molar refractivity (Wildman–Crippen MR) is 63.0 cm³/mol. The third-order valence-corrected chi connectivity index (χ3v) is 1.65. The van der Waals surface area contributed by atoms with Crippen molar-refractivity contribution >= 4 is 5.91 Å². The number of nitrogens with two attached hydrogens (primary N) is 1. The van der Waals surface area contributed by atoms with Gasteiger partial charge in [-0.05, 0) is 25.5 Å². The van der Waals surface area contributed by atoms with E-state index < -0.39 is 0 Å².